The molecule has 1 heterocycles. The second-order valence-electron chi connectivity index (χ2n) is 4.12. The summed E-state index contributed by atoms with van der Waals surface area (Å²) in [6.07, 6.45) is 3.64. The molecule has 0 aliphatic rings. The van der Waals surface area contributed by atoms with E-state index in [1.54, 1.807) is 0 Å². The van der Waals surface area contributed by atoms with Gasteiger partial charge in [0.25, 0.3) is 0 Å². The number of nitrogens with zero attached hydrogens (tertiary/aromatic N) is 2. The van der Waals surface area contributed by atoms with Crippen LogP contribution in [0.25, 0.3) is 0 Å². The Morgan fingerprint density at radius 3 is 2.56 bits per heavy atom. The Balaban J connectivity index is 2.31. The zero-order chi connectivity index (χ0) is 13.1. The SMILES string of the molecule is Cc1cnc(Sc2ccc(Br)cc2C(C)N)nc1. The van der Waals surface area contributed by atoms with Gasteiger partial charge in [0, 0.05) is 27.8 Å². The smallest absolute Gasteiger partial charge is 0.192 e. The van der Waals surface area contributed by atoms with Crippen molar-refractivity contribution < 1.29 is 0 Å². The highest BCUT2D eigenvalue weighted by atomic mass is 79.9. The van der Waals surface area contributed by atoms with Gasteiger partial charge in [-0.2, -0.15) is 0 Å². The van der Waals surface area contributed by atoms with Gasteiger partial charge < -0.3 is 5.73 Å². The highest BCUT2D eigenvalue weighted by Gasteiger charge is 2.10. The molecule has 0 aliphatic heterocycles. The number of nitrogens with two attached hydrogens (primary N) is 1. The number of aromatic nitrogens is 2. The zero-order valence-corrected chi connectivity index (χ0v) is 12.6. The van der Waals surface area contributed by atoms with Gasteiger partial charge in [-0.25, -0.2) is 9.97 Å². The van der Waals surface area contributed by atoms with Crippen LogP contribution in [0.15, 0.2) is 45.1 Å². The highest BCUT2D eigenvalue weighted by molar-refractivity contribution is 9.10. The predicted molar refractivity (Wildman–Crippen MR) is 77.6 cm³/mol. The van der Waals surface area contributed by atoms with Gasteiger partial charge in [0.1, 0.15) is 0 Å². The summed E-state index contributed by atoms with van der Waals surface area (Å²) in [4.78, 5) is 9.69. The molecule has 0 bridgehead atoms. The van der Waals surface area contributed by atoms with Crippen molar-refractivity contribution in [2.24, 2.45) is 5.73 Å². The molecule has 0 spiro atoms. The van der Waals surface area contributed by atoms with Gasteiger partial charge in [-0.05, 0) is 54.9 Å². The van der Waals surface area contributed by atoms with E-state index in [1.165, 1.54) is 11.8 Å². The van der Waals surface area contributed by atoms with Crippen LogP contribution in [-0.4, -0.2) is 9.97 Å². The van der Waals surface area contributed by atoms with Crippen molar-refractivity contribution in [3.63, 3.8) is 0 Å². The maximum absolute atomic E-state index is 5.99. The van der Waals surface area contributed by atoms with Crippen molar-refractivity contribution >= 4 is 27.7 Å². The van der Waals surface area contributed by atoms with E-state index in [1.807, 2.05) is 44.4 Å². The Hall–Kier alpha value is -0.910. The van der Waals surface area contributed by atoms with E-state index in [0.29, 0.717) is 0 Å². The summed E-state index contributed by atoms with van der Waals surface area (Å²) in [5.74, 6) is 0. The van der Waals surface area contributed by atoms with Gasteiger partial charge in [-0.3, -0.25) is 0 Å². The van der Waals surface area contributed by atoms with Crippen molar-refractivity contribution in [1.82, 2.24) is 9.97 Å². The molecule has 94 valence electrons. The lowest BCUT2D eigenvalue weighted by Gasteiger charge is -2.12. The van der Waals surface area contributed by atoms with Crippen molar-refractivity contribution in [3.8, 4) is 0 Å². The summed E-state index contributed by atoms with van der Waals surface area (Å²) in [6.45, 7) is 3.95. The van der Waals surface area contributed by atoms with Gasteiger partial charge in [0.2, 0.25) is 0 Å². The van der Waals surface area contributed by atoms with Crippen LogP contribution < -0.4 is 5.73 Å². The van der Waals surface area contributed by atoms with Crippen molar-refractivity contribution in [3.05, 3.63) is 46.2 Å². The van der Waals surface area contributed by atoms with Crippen LogP contribution >= 0.6 is 27.7 Å². The van der Waals surface area contributed by atoms with E-state index in [2.05, 4.69) is 25.9 Å². The minimum Gasteiger partial charge on any atom is -0.324 e. The van der Waals surface area contributed by atoms with Crippen LogP contribution in [0.4, 0.5) is 0 Å². The summed E-state index contributed by atoms with van der Waals surface area (Å²) < 4.78 is 1.03. The first-order valence-electron chi connectivity index (χ1n) is 5.58. The minimum atomic E-state index is -0.0181. The maximum Gasteiger partial charge on any atom is 0.192 e. The molecule has 1 aromatic heterocycles. The molecular formula is C13H14BrN3S. The lowest BCUT2D eigenvalue weighted by molar-refractivity contribution is 0.795. The molecule has 0 radical (unpaired) electrons. The largest absolute Gasteiger partial charge is 0.324 e. The van der Waals surface area contributed by atoms with Crippen LogP contribution in [-0.2, 0) is 0 Å². The second-order valence-corrected chi connectivity index (χ2v) is 6.04. The Kier molecular flexibility index (Phi) is 4.37. The molecule has 0 fully saturated rings. The second kappa shape index (κ2) is 5.82. The van der Waals surface area contributed by atoms with Gasteiger partial charge in [-0.15, -0.1) is 0 Å². The topological polar surface area (TPSA) is 51.8 Å². The molecule has 1 unspecified atom stereocenters. The molecule has 2 aromatic rings. The van der Waals surface area contributed by atoms with E-state index < -0.39 is 0 Å². The van der Waals surface area contributed by atoms with Gasteiger partial charge >= 0.3 is 0 Å². The molecule has 18 heavy (non-hydrogen) atoms. The van der Waals surface area contributed by atoms with E-state index in [-0.39, 0.29) is 6.04 Å². The minimum absolute atomic E-state index is 0.0181. The third-order valence-corrected chi connectivity index (χ3v) is 3.90. The summed E-state index contributed by atoms with van der Waals surface area (Å²) in [6, 6.07) is 6.07. The quantitative estimate of drug-likeness (QED) is 0.874. The Morgan fingerprint density at radius 2 is 1.94 bits per heavy atom. The molecule has 3 nitrogen and oxygen atoms in total. The van der Waals surface area contributed by atoms with E-state index in [4.69, 9.17) is 5.73 Å². The van der Waals surface area contributed by atoms with Gasteiger partial charge in [0.05, 0.1) is 0 Å². The molecule has 0 amide bonds. The Morgan fingerprint density at radius 1 is 1.28 bits per heavy atom. The first-order valence-corrected chi connectivity index (χ1v) is 7.19. The number of hydrogen-bond donors (Lipinski definition) is 1. The predicted octanol–water partition coefficient (Wildman–Crippen LogP) is 3.72. The van der Waals surface area contributed by atoms with Gasteiger partial charge in [0.15, 0.2) is 5.16 Å². The van der Waals surface area contributed by atoms with Crippen molar-refractivity contribution in [1.29, 1.82) is 0 Å². The van der Waals surface area contributed by atoms with Crippen LogP contribution in [0.3, 0.4) is 0 Å². The summed E-state index contributed by atoms with van der Waals surface area (Å²) >= 11 is 5.00. The fourth-order valence-electron chi connectivity index (χ4n) is 1.50. The number of hydrogen-bond acceptors (Lipinski definition) is 4. The third-order valence-electron chi connectivity index (χ3n) is 2.42. The third kappa shape index (κ3) is 3.31. The maximum atomic E-state index is 5.99. The molecule has 5 heteroatoms. The van der Waals surface area contributed by atoms with Crippen LogP contribution in [0.1, 0.15) is 24.1 Å². The molecule has 1 aromatic carbocycles. The molecular weight excluding hydrogens is 310 g/mol. The highest BCUT2D eigenvalue weighted by Crippen LogP contribution is 2.32. The van der Waals surface area contributed by atoms with Crippen LogP contribution in [0, 0.1) is 6.92 Å². The average Bonchev–Trinajstić information content (AvgIpc) is 2.34. The normalized spacial score (nSPS) is 12.4. The molecule has 0 saturated carbocycles. The molecule has 2 N–H and O–H groups in total. The average molecular weight is 324 g/mol. The summed E-state index contributed by atoms with van der Waals surface area (Å²) in [5, 5.41) is 0.741. The van der Waals surface area contributed by atoms with E-state index in [9.17, 15) is 0 Å². The fourth-order valence-corrected chi connectivity index (χ4v) is 2.78. The number of rotatable bonds is 3. The van der Waals surface area contributed by atoms with Crippen molar-refractivity contribution in [2.75, 3.05) is 0 Å². The number of halogens is 1. The molecule has 0 aliphatic carbocycles. The standard InChI is InChI=1S/C13H14BrN3S/c1-8-6-16-13(17-7-8)18-12-4-3-10(14)5-11(12)9(2)15/h3-7,9H,15H2,1-2H3. The number of aryl methyl sites for hydroxylation is 1. The summed E-state index contributed by atoms with van der Waals surface area (Å²) in [5.41, 5.74) is 8.14. The fraction of sp³-hybridized carbons (Fsp3) is 0.231. The van der Waals surface area contributed by atoms with Crippen LogP contribution in [0.2, 0.25) is 0 Å². The summed E-state index contributed by atoms with van der Waals surface area (Å²) in [7, 11) is 0. The number of benzene rings is 1. The zero-order valence-electron chi connectivity index (χ0n) is 10.2. The van der Waals surface area contributed by atoms with Crippen LogP contribution in [0.5, 0.6) is 0 Å². The van der Waals surface area contributed by atoms with Gasteiger partial charge in [-0.1, -0.05) is 15.9 Å². The molecule has 2 rings (SSSR count). The monoisotopic (exact) mass is 323 g/mol. The first kappa shape index (κ1) is 13.5. The Labute approximate surface area is 119 Å². The lowest BCUT2D eigenvalue weighted by atomic mass is 10.1. The Bertz CT molecular complexity index is 540. The molecule has 1 atom stereocenters. The van der Waals surface area contributed by atoms with Crippen molar-refractivity contribution in [2.45, 2.75) is 29.9 Å². The van der Waals surface area contributed by atoms with E-state index >= 15 is 0 Å². The van der Waals surface area contributed by atoms with E-state index in [0.717, 1.165) is 25.7 Å². The molecule has 0 saturated heterocycles. The first-order chi connectivity index (χ1) is 8.56. The lowest BCUT2D eigenvalue weighted by Crippen LogP contribution is -2.06.